The molecule has 18 heavy (non-hydrogen) atoms. The van der Waals surface area contributed by atoms with Crippen LogP contribution in [0.3, 0.4) is 0 Å². The summed E-state index contributed by atoms with van der Waals surface area (Å²) in [6.07, 6.45) is 3.05. The predicted octanol–water partition coefficient (Wildman–Crippen LogP) is 1.39. The van der Waals surface area contributed by atoms with Crippen LogP contribution in [0.5, 0.6) is 5.88 Å². The molecule has 0 amide bonds. The SMILES string of the molecule is COc1cc(CNc2nc[nH]c(=O)c2I)ccn1. The fourth-order valence-electron chi connectivity index (χ4n) is 1.36. The van der Waals surface area contributed by atoms with Gasteiger partial charge in [0.15, 0.2) is 0 Å². The fourth-order valence-corrected chi connectivity index (χ4v) is 1.85. The number of hydrogen-bond acceptors (Lipinski definition) is 5. The molecule has 0 aliphatic heterocycles. The molecule has 2 aromatic heterocycles. The Bertz CT molecular complexity index is 600. The van der Waals surface area contributed by atoms with Crippen LogP contribution in [0.1, 0.15) is 5.56 Å². The molecule has 2 rings (SSSR count). The number of aromatic nitrogens is 3. The second-order valence-electron chi connectivity index (χ2n) is 3.45. The number of nitrogens with one attached hydrogen (secondary N) is 2. The van der Waals surface area contributed by atoms with Crippen molar-refractivity contribution in [2.24, 2.45) is 0 Å². The molecule has 0 saturated heterocycles. The lowest BCUT2D eigenvalue weighted by molar-refractivity contribution is 0.397. The van der Waals surface area contributed by atoms with Crippen molar-refractivity contribution in [3.63, 3.8) is 0 Å². The van der Waals surface area contributed by atoms with Gasteiger partial charge in [0.1, 0.15) is 9.39 Å². The van der Waals surface area contributed by atoms with E-state index in [0.29, 0.717) is 21.8 Å². The van der Waals surface area contributed by atoms with Gasteiger partial charge in [0, 0.05) is 18.8 Å². The van der Waals surface area contributed by atoms with Crippen LogP contribution in [0.15, 0.2) is 29.5 Å². The molecular weight excluding hydrogens is 347 g/mol. The molecule has 0 aliphatic carbocycles. The zero-order valence-corrected chi connectivity index (χ0v) is 11.8. The standard InChI is InChI=1S/C11H11IN4O2/c1-18-8-4-7(2-3-13-8)5-14-10-9(12)11(17)16-6-15-10/h2-4,6H,5H2,1H3,(H2,14,15,16,17). The summed E-state index contributed by atoms with van der Waals surface area (Å²) in [6.45, 7) is 0.547. The van der Waals surface area contributed by atoms with E-state index in [1.165, 1.54) is 6.33 Å². The Balaban J connectivity index is 2.11. The molecule has 2 N–H and O–H groups in total. The van der Waals surface area contributed by atoms with Crippen molar-refractivity contribution in [3.8, 4) is 5.88 Å². The van der Waals surface area contributed by atoms with E-state index in [1.807, 2.05) is 34.7 Å². The number of halogens is 1. The highest BCUT2D eigenvalue weighted by molar-refractivity contribution is 14.1. The summed E-state index contributed by atoms with van der Waals surface area (Å²) in [6, 6.07) is 3.70. The lowest BCUT2D eigenvalue weighted by atomic mass is 10.2. The van der Waals surface area contributed by atoms with Gasteiger partial charge in [-0.3, -0.25) is 4.79 Å². The van der Waals surface area contributed by atoms with E-state index >= 15 is 0 Å². The average molecular weight is 358 g/mol. The Labute approximate surface area is 117 Å². The molecule has 0 aromatic carbocycles. The van der Waals surface area contributed by atoms with E-state index < -0.39 is 0 Å². The van der Waals surface area contributed by atoms with E-state index in [2.05, 4.69) is 20.3 Å². The highest BCUT2D eigenvalue weighted by Gasteiger charge is 2.04. The van der Waals surface area contributed by atoms with Gasteiger partial charge in [0.25, 0.3) is 5.56 Å². The molecule has 0 fully saturated rings. The van der Waals surface area contributed by atoms with Gasteiger partial charge < -0.3 is 15.0 Å². The minimum absolute atomic E-state index is 0.152. The topological polar surface area (TPSA) is 79.9 Å². The molecule has 0 saturated carbocycles. The van der Waals surface area contributed by atoms with Crippen molar-refractivity contribution in [3.05, 3.63) is 44.1 Å². The van der Waals surface area contributed by atoms with Gasteiger partial charge in [-0.2, -0.15) is 0 Å². The van der Waals surface area contributed by atoms with Crippen LogP contribution in [-0.4, -0.2) is 22.1 Å². The van der Waals surface area contributed by atoms with Gasteiger partial charge in [-0.1, -0.05) is 0 Å². The van der Waals surface area contributed by atoms with Crippen molar-refractivity contribution in [1.82, 2.24) is 15.0 Å². The van der Waals surface area contributed by atoms with Gasteiger partial charge in [0.2, 0.25) is 5.88 Å². The third kappa shape index (κ3) is 2.97. The average Bonchev–Trinajstić information content (AvgIpc) is 2.41. The van der Waals surface area contributed by atoms with Crippen molar-refractivity contribution >= 4 is 28.4 Å². The number of pyridine rings is 1. The quantitative estimate of drug-likeness (QED) is 0.808. The number of rotatable bonds is 4. The first-order valence-electron chi connectivity index (χ1n) is 5.16. The molecule has 94 valence electrons. The number of nitrogens with zero attached hydrogens (tertiary/aromatic N) is 2. The van der Waals surface area contributed by atoms with Crippen molar-refractivity contribution in [1.29, 1.82) is 0 Å². The Hall–Kier alpha value is -1.64. The summed E-state index contributed by atoms with van der Waals surface area (Å²) >= 11 is 1.96. The molecular formula is C11H11IN4O2. The first kappa shape index (κ1) is 12.8. The van der Waals surface area contributed by atoms with Crippen LogP contribution in [0, 0.1) is 3.57 Å². The third-order valence-corrected chi connectivity index (χ3v) is 3.27. The van der Waals surface area contributed by atoms with Crippen LogP contribution in [0.4, 0.5) is 5.82 Å². The van der Waals surface area contributed by atoms with E-state index in [4.69, 9.17) is 4.74 Å². The summed E-state index contributed by atoms with van der Waals surface area (Å²) in [5.74, 6) is 1.12. The number of aromatic amines is 1. The van der Waals surface area contributed by atoms with E-state index in [1.54, 1.807) is 13.3 Å². The lowest BCUT2D eigenvalue weighted by Crippen LogP contribution is -2.14. The van der Waals surface area contributed by atoms with Crippen LogP contribution in [0.25, 0.3) is 0 Å². The second kappa shape index (κ2) is 5.80. The molecule has 2 aromatic rings. The van der Waals surface area contributed by atoms with Gasteiger partial charge in [-0.05, 0) is 34.2 Å². The second-order valence-corrected chi connectivity index (χ2v) is 4.53. The number of H-pyrrole nitrogens is 1. The summed E-state index contributed by atoms with van der Waals surface area (Å²) in [7, 11) is 1.57. The summed E-state index contributed by atoms with van der Waals surface area (Å²) in [5.41, 5.74) is 0.847. The number of methoxy groups -OCH3 is 1. The van der Waals surface area contributed by atoms with Gasteiger partial charge in [0.05, 0.1) is 13.4 Å². The summed E-state index contributed by atoms with van der Waals surface area (Å²) in [5, 5.41) is 3.10. The molecule has 0 radical (unpaired) electrons. The first-order valence-corrected chi connectivity index (χ1v) is 6.24. The van der Waals surface area contributed by atoms with Gasteiger partial charge >= 0.3 is 0 Å². The van der Waals surface area contributed by atoms with Crippen LogP contribution in [0.2, 0.25) is 0 Å². The Morgan fingerprint density at radius 3 is 3.11 bits per heavy atom. The molecule has 0 bridgehead atoms. The zero-order chi connectivity index (χ0) is 13.0. The first-order chi connectivity index (χ1) is 8.70. The largest absolute Gasteiger partial charge is 0.481 e. The van der Waals surface area contributed by atoms with Gasteiger partial charge in [-0.25, -0.2) is 9.97 Å². The normalized spacial score (nSPS) is 10.1. The zero-order valence-electron chi connectivity index (χ0n) is 9.61. The van der Waals surface area contributed by atoms with Crippen LogP contribution >= 0.6 is 22.6 Å². The highest BCUT2D eigenvalue weighted by atomic mass is 127. The van der Waals surface area contributed by atoms with E-state index in [0.717, 1.165) is 5.56 Å². The van der Waals surface area contributed by atoms with E-state index in [9.17, 15) is 4.79 Å². The summed E-state index contributed by atoms with van der Waals surface area (Å²) in [4.78, 5) is 22.0. The molecule has 0 unspecified atom stereocenters. The third-order valence-electron chi connectivity index (χ3n) is 2.26. The lowest BCUT2D eigenvalue weighted by Gasteiger charge is -2.07. The van der Waals surface area contributed by atoms with E-state index in [-0.39, 0.29) is 5.56 Å². The minimum atomic E-state index is -0.152. The molecule has 0 aliphatic rings. The number of hydrogen-bond donors (Lipinski definition) is 2. The monoisotopic (exact) mass is 358 g/mol. The molecule has 0 atom stereocenters. The molecule has 7 heteroatoms. The smallest absolute Gasteiger partial charge is 0.266 e. The van der Waals surface area contributed by atoms with Crippen molar-refractivity contribution in [2.75, 3.05) is 12.4 Å². The maximum atomic E-state index is 11.4. The van der Waals surface area contributed by atoms with Crippen LogP contribution in [-0.2, 0) is 6.54 Å². The maximum Gasteiger partial charge on any atom is 0.266 e. The van der Waals surface area contributed by atoms with Crippen LogP contribution < -0.4 is 15.6 Å². The molecule has 6 nitrogen and oxygen atoms in total. The summed E-state index contributed by atoms with van der Waals surface area (Å²) < 4.78 is 5.58. The number of anilines is 1. The highest BCUT2D eigenvalue weighted by Crippen LogP contribution is 2.13. The molecule has 0 spiro atoms. The van der Waals surface area contributed by atoms with Crippen molar-refractivity contribution < 1.29 is 4.74 Å². The Kier molecular flexibility index (Phi) is 4.13. The van der Waals surface area contributed by atoms with Crippen molar-refractivity contribution in [2.45, 2.75) is 6.54 Å². The van der Waals surface area contributed by atoms with Gasteiger partial charge in [-0.15, -0.1) is 0 Å². The number of ether oxygens (including phenoxy) is 1. The Morgan fingerprint density at radius 1 is 1.50 bits per heavy atom. The fraction of sp³-hybridized carbons (Fsp3) is 0.182. The predicted molar refractivity (Wildman–Crippen MR) is 75.7 cm³/mol. The maximum absolute atomic E-state index is 11.4. The minimum Gasteiger partial charge on any atom is -0.481 e. The Morgan fingerprint density at radius 2 is 2.33 bits per heavy atom. The molecule has 2 heterocycles.